The lowest BCUT2D eigenvalue weighted by Crippen LogP contribution is -2.44. The van der Waals surface area contributed by atoms with Crippen LogP contribution in [0.2, 0.25) is 0 Å². The molecular weight excluding hydrogens is 200 g/mol. The first-order chi connectivity index (χ1) is 7.84. The highest BCUT2D eigenvalue weighted by Gasteiger charge is 2.21. The van der Waals surface area contributed by atoms with E-state index < -0.39 is 0 Å². The Balaban J connectivity index is 1.84. The largest absolute Gasteiger partial charge is 0.462 e. The third kappa shape index (κ3) is 1.65. The number of hydrogen-bond acceptors (Lipinski definition) is 3. The average Bonchev–Trinajstić information content (AvgIpc) is 2.74. The number of furan rings is 1. The minimum absolute atomic E-state index is 1.07. The maximum atomic E-state index is 5.63. The van der Waals surface area contributed by atoms with Crippen LogP contribution in [0.15, 0.2) is 16.8 Å². The second kappa shape index (κ2) is 3.98. The Hall–Kier alpha value is -1.22. The summed E-state index contributed by atoms with van der Waals surface area (Å²) in [5.74, 6) is 1.07. The van der Waals surface area contributed by atoms with Crippen molar-refractivity contribution < 1.29 is 4.42 Å². The molecule has 3 heteroatoms. The van der Waals surface area contributed by atoms with E-state index in [1.807, 2.05) is 6.26 Å². The molecule has 1 fully saturated rings. The molecule has 0 amide bonds. The lowest BCUT2D eigenvalue weighted by atomic mass is 10.0. The number of nitrogens with zero attached hydrogens (tertiary/aromatic N) is 2. The number of hydrogen-bond donors (Lipinski definition) is 0. The van der Waals surface area contributed by atoms with Gasteiger partial charge in [-0.1, -0.05) is 6.08 Å². The zero-order chi connectivity index (χ0) is 11.0. The summed E-state index contributed by atoms with van der Waals surface area (Å²) in [5, 5.41) is 0. The van der Waals surface area contributed by atoms with Gasteiger partial charge in [0.25, 0.3) is 0 Å². The van der Waals surface area contributed by atoms with Crippen molar-refractivity contribution in [2.75, 3.05) is 38.1 Å². The number of likely N-dealkylation sites (N-methyl/N-ethyl adjacent to an activating group) is 1. The Labute approximate surface area is 96.3 Å². The first kappa shape index (κ1) is 9.97. The van der Waals surface area contributed by atoms with E-state index in [1.54, 1.807) is 0 Å². The number of anilines is 1. The molecule has 1 aliphatic carbocycles. The van der Waals surface area contributed by atoms with E-state index in [0.717, 1.165) is 44.8 Å². The van der Waals surface area contributed by atoms with E-state index in [1.165, 1.54) is 11.3 Å². The monoisotopic (exact) mass is 218 g/mol. The van der Waals surface area contributed by atoms with Gasteiger partial charge in [0.1, 0.15) is 12.0 Å². The molecule has 1 saturated heterocycles. The molecule has 1 aliphatic heterocycles. The van der Waals surface area contributed by atoms with Crippen LogP contribution in [0.5, 0.6) is 0 Å². The topological polar surface area (TPSA) is 19.6 Å². The van der Waals surface area contributed by atoms with E-state index in [0.29, 0.717) is 0 Å². The summed E-state index contributed by atoms with van der Waals surface area (Å²) in [6.07, 6.45) is 8.51. The molecule has 86 valence electrons. The number of allylic oxidation sites excluding steroid dienone is 1. The summed E-state index contributed by atoms with van der Waals surface area (Å²) in [4.78, 5) is 4.84. The number of rotatable bonds is 1. The second-order valence-corrected chi connectivity index (χ2v) is 4.70. The van der Waals surface area contributed by atoms with Crippen LogP contribution in [-0.4, -0.2) is 38.1 Å². The van der Waals surface area contributed by atoms with E-state index >= 15 is 0 Å². The second-order valence-electron chi connectivity index (χ2n) is 4.70. The zero-order valence-electron chi connectivity index (χ0n) is 9.78. The van der Waals surface area contributed by atoms with Gasteiger partial charge in [-0.25, -0.2) is 0 Å². The molecular formula is C13H18N2O. The van der Waals surface area contributed by atoms with E-state index in [4.69, 9.17) is 4.42 Å². The van der Waals surface area contributed by atoms with Crippen molar-refractivity contribution in [3.05, 3.63) is 23.7 Å². The summed E-state index contributed by atoms with van der Waals surface area (Å²) >= 11 is 0. The van der Waals surface area contributed by atoms with Crippen LogP contribution < -0.4 is 4.90 Å². The SMILES string of the molecule is CN1CCN(c2coc3c2CCC=C3)CC1. The van der Waals surface area contributed by atoms with Crippen LogP contribution >= 0.6 is 0 Å². The van der Waals surface area contributed by atoms with Gasteiger partial charge < -0.3 is 14.2 Å². The molecule has 0 radical (unpaired) electrons. The molecule has 1 aromatic rings. The van der Waals surface area contributed by atoms with Gasteiger partial charge in [-0.05, 0) is 26.0 Å². The summed E-state index contributed by atoms with van der Waals surface area (Å²) in [6, 6.07) is 0. The van der Waals surface area contributed by atoms with Gasteiger partial charge in [-0.3, -0.25) is 0 Å². The van der Waals surface area contributed by atoms with Crippen LogP contribution in [0.4, 0.5) is 5.69 Å². The molecule has 2 heterocycles. The van der Waals surface area contributed by atoms with Crippen LogP contribution in [0.25, 0.3) is 6.08 Å². The van der Waals surface area contributed by atoms with Gasteiger partial charge in [0.2, 0.25) is 0 Å². The Kier molecular flexibility index (Phi) is 2.48. The maximum absolute atomic E-state index is 5.63. The van der Waals surface area contributed by atoms with Gasteiger partial charge in [-0.15, -0.1) is 0 Å². The first-order valence-electron chi connectivity index (χ1n) is 6.05. The fourth-order valence-electron chi connectivity index (χ4n) is 2.51. The zero-order valence-corrected chi connectivity index (χ0v) is 9.78. The molecule has 0 saturated carbocycles. The smallest absolute Gasteiger partial charge is 0.131 e. The van der Waals surface area contributed by atoms with Crippen molar-refractivity contribution in [2.24, 2.45) is 0 Å². The molecule has 0 unspecified atom stereocenters. The van der Waals surface area contributed by atoms with Crippen LogP contribution in [0.1, 0.15) is 17.7 Å². The predicted octanol–water partition coefficient (Wildman–Crippen LogP) is 1.99. The lowest BCUT2D eigenvalue weighted by Gasteiger charge is -2.33. The van der Waals surface area contributed by atoms with Gasteiger partial charge >= 0.3 is 0 Å². The van der Waals surface area contributed by atoms with Crippen LogP contribution in [0, 0.1) is 0 Å². The Bertz CT molecular complexity index is 400. The van der Waals surface area contributed by atoms with Gasteiger partial charge in [-0.2, -0.15) is 0 Å². The van der Waals surface area contributed by atoms with Crippen molar-refractivity contribution >= 4 is 11.8 Å². The van der Waals surface area contributed by atoms with Crippen molar-refractivity contribution in [1.29, 1.82) is 0 Å². The molecule has 16 heavy (non-hydrogen) atoms. The van der Waals surface area contributed by atoms with Crippen LogP contribution in [0.3, 0.4) is 0 Å². The van der Waals surface area contributed by atoms with E-state index in [-0.39, 0.29) is 0 Å². The molecule has 0 atom stereocenters. The molecule has 2 aliphatic rings. The molecule has 3 nitrogen and oxygen atoms in total. The summed E-state index contributed by atoms with van der Waals surface area (Å²) in [7, 11) is 2.19. The Morgan fingerprint density at radius 3 is 2.81 bits per heavy atom. The maximum Gasteiger partial charge on any atom is 0.131 e. The highest BCUT2D eigenvalue weighted by Crippen LogP contribution is 2.31. The molecule has 1 aromatic heterocycles. The fraction of sp³-hybridized carbons (Fsp3) is 0.538. The Morgan fingerprint density at radius 2 is 2.00 bits per heavy atom. The van der Waals surface area contributed by atoms with E-state index in [2.05, 4.69) is 29.0 Å². The molecule has 0 spiro atoms. The van der Waals surface area contributed by atoms with Crippen LogP contribution in [-0.2, 0) is 6.42 Å². The lowest BCUT2D eigenvalue weighted by molar-refractivity contribution is 0.312. The van der Waals surface area contributed by atoms with Gasteiger partial charge in [0, 0.05) is 31.7 Å². The summed E-state index contributed by atoms with van der Waals surface area (Å²) in [5.41, 5.74) is 2.74. The van der Waals surface area contributed by atoms with Crippen molar-refractivity contribution in [3.63, 3.8) is 0 Å². The Morgan fingerprint density at radius 1 is 1.19 bits per heavy atom. The van der Waals surface area contributed by atoms with Crippen molar-refractivity contribution in [2.45, 2.75) is 12.8 Å². The third-order valence-corrected chi connectivity index (χ3v) is 3.58. The first-order valence-corrected chi connectivity index (χ1v) is 6.05. The standard InChI is InChI=1S/C13H18N2O/c1-14-6-8-15(9-7-14)12-10-16-13-5-3-2-4-11(12)13/h3,5,10H,2,4,6-9H2,1H3. The molecule has 0 N–H and O–H groups in total. The fourth-order valence-corrected chi connectivity index (χ4v) is 2.51. The van der Waals surface area contributed by atoms with Gasteiger partial charge in [0.05, 0.1) is 5.69 Å². The molecule has 3 rings (SSSR count). The predicted molar refractivity (Wildman–Crippen MR) is 65.8 cm³/mol. The summed E-state index contributed by atoms with van der Waals surface area (Å²) in [6.45, 7) is 4.53. The minimum atomic E-state index is 1.07. The minimum Gasteiger partial charge on any atom is -0.462 e. The summed E-state index contributed by atoms with van der Waals surface area (Å²) < 4.78 is 5.63. The normalized spacial score (nSPS) is 21.2. The molecule has 0 bridgehead atoms. The number of fused-ring (bicyclic) bond motifs is 1. The highest BCUT2D eigenvalue weighted by atomic mass is 16.3. The quantitative estimate of drug-likeness (QED) is 0.718. The van der Waals surface area contributed by atoms with Gasteiger partial charge in [0.15, 0.2) is 0 Å². The molecule has 0 aromatic carbocycles. The number of piperazine rings is 1. The average molecular weight is 218 g/mol. The third-order valence-electron chi connectivity index (χ3n) is 3.58. The van der Waals surface area contributed by atoms with Crippen molar-refractivity contribution in [3.8, 4) is 0 Å². The van der Waals surface area contributed by atoms with Crippen molar-refractivity contribution in [1.82, 2.24) is 4.90 Å². The highest BCUT2D eigenvalue weighted by molar-refractivity contribution is 5.63. The van der Waals surface area contributed by atoms with E-state index in [9.17, 15) is 0 Å².